The summed E-state index contributed by atoms with van der Waals surface area (Å²) in [7, 11) is 0. The maximum Gasteiger partial charge on any atom is 0.0651 e. The molecule has 0 atom stereocenters. The van der Waals surface area contributed by atoms with Crippen molar-refractivity contribution in [1.29, 1.82) is 0 Å². The lowest BCUT2D eigenvalue weighted by Crippen LogP contribution is -1.87. The highest BCUT2D eigenvalue weighted by atomic mass is 32.1. The van der Waals surface area contributed by atoms with Crippen LogP contribution < -0.4 is 0 Å². The molecule has 0 unspecified atom stereocenters. The number of fused-ring (bicyclic) bond motifs is 7. The molecule has 0 aromatic carbocycles. The monoisotopic (exact) mass is 836 g/mol. The number of hydrogen-bond acceptors (Lipinski definition) is 7. The van der Waals surface area contributed by atoms with Crippen LogP contribution in [0.3, 0.4) is 0 Å². The Morgan fingerprint density at radius 3 is 0.962 bits per heavy atom. The highest BCUT2D eigenvalue weighted by molar-refractivity contribution is 7.49. The van der Waals surface area contributed by atoms with E-state index >= 15 is 0 Å². The van der Waals surface area contributed by atoms with Gasteiger partial charge in [-0.1, -0.05) is 154 Å². The van der Waals surface area contributed by atoms with Gasteiger partial charge in [-0.15, -0.1) is 79.4 Å². The normalized spacial score (nSPS) is 12.3. The summed E-state index contributed by atoms with van der Waals surface area (Å²) in [6.07, 6.45) is 33.4. The van der Waals surface area contributed by atoms with Crippen LogP contribution in [0.15, 0.2) is 35.0 Å². The summed E-state index contributed by atoms with van der Waals surface area (Å²) in [6, 6.07) is 9.19. The van der Waals surface area contributed by atoms with Crippen molar-refractivity contribution in [3.63, 3.8) is 0 Å². The first-order chi connectivity index (χ1) is 26.3. The van der Waals surface area contributed by atoms with Gasteiger partial charge in [0.2, 0.25) is 0 Å². The second-order valence-electron chi connectivity index (χ2n) is 15.3. The first kappa shape index (κ1) is 40.1. The Morgan fingerprint density at radius 1 is 0.340 bits per heavy atom. The van der Waals surface area contributed by atoms with Crippen molar-refractivity contribution in [2.75, 3.05) is 0 Å². The second kappa shape index (κ2) is 20.9. The molecular weight excluding hydrogens is 777 g/mol. The van der Waals surface area contributed by atoms with Crippen LogP contribution in [0.1, 0.15) is 166 Å². The lowest BCUT2D eigenvalue weighted by molar-refractivity contribution is 0.550. The average molecular weight is 837 g/mol. The van der Waals surface area contributed by atoms with Crippen molar-refractivity contribution in [1.82, 2.24) is 0 Å². The van der Waals surface area contributed by atoms with Crippen molar-refractivity contribution in [2.45, 2.75) is 168 Å². The first-order valence-corrected chi connectivity index (χ1v) is 27.0. The Balaban J connectivity index is 1.05. The molecule has 286 valence electrons. The number of aryl methyl sites for hydroxylation is 2. The molecule has 0 amide bonds. The molecule has 0 fully saturated rings. The van der Waals surface area contributed by atoms with Gasteiger partial charge in [0.1, 0.15) is 0 Å². The molecule has 7 heteroatoms. The smallest absolute Gasteiger partial charge is 0.0651 e. The minimum absolute atomic E-state index is 1.23. The molecule has 7 aromatic rings. The molecule has 0 aliphatic heterocycles. The number of thiophene rings is 7. The highest BCUT2D eigenvalue weighted by Gasteiger charge is 2.26. The van der Waals surface area contributed by atoms with Gasteiger partial charge >= 0.3 is 0 Å². The van der Waals surface area contributed by atoms with E-state index in [1.807, 2.05) is 22.7 Å². The molecule has 0 nitrogen and oxygen atoms in total. The molecule has 0 aliphatic rings. The molecular formula is C46H60S7. The molecule has 7 rings (SSSR count). The molecule has 7 heterocycles. The molecule has 7 aromatic heterocycles. The summed E-state index contributed by atoms with van der Waals surface area (Å²) in [5, 5.41) is 4.53. The lowest BCUT2D eigenvalue weighted by Gasteiger charge is -2.05. The zero-order valence-corrected chi connectivity index (χ0v) is 38.0. The first-order valence-electron chi connectivity index (χ1n) is 21.2. The molecule has 0 radical (unpaired) electrons. The maximum absolute atomic E-state index is 2.35. The highest BCUT2D eigenvalue weighted by Crippen LogP contribution is 2.57. The Morgan fingerprint density at radius 2 is 0.642 bits per heavy atom. The fraction of sp³-hybridized carbons (Fsp3) is 0.565. The summed E-state index contributed by atoms with van der Waals surface area (Å²) in [6.45, 7) is 4.63. The lowest BCUT2D eigenvalue weighted by atomic mass is 10.0. The summed E-state index contributed by atoms with van der Waals surface area (Å²) >= 11 is 14.4. The second-order valence-corrected chi connectivity index (χ2v) is 22.3. The van der Waals surface area contributed by atoms with E-state index < -0.39 is 0 Å². The summed E-state index contributed by atoms with van der Waals surface area (Å²) in [5.41, 5.74) is 3.31. The molecule has 0 bridgehead atoms. The third-order valence-electron chi connectivity index (χ3n) is 11.1. The van der Waals surface area contributed by atoms with E-state index in [1.54, 1.807) is 58.5 Å². The van der Waals surface area contributed by atoms with E-state index in [-0.39, 0.29) is 0 Å². The van der Waals surface area contributed by atoms with Crippen LogP contribution in [0, 0.1) is 0 Å². The van der Waals surface area contributed by atoms with E-state index in [4.69, 9.17) is 0 Å². The zero-order chi connectivity index (χ0) is 36.2. The van der Waals surface area contributed by atoms with Crippen LogP contribution in [0.4, 0.5) is 0 Å². The van der Waals surface area contributed by atoms with Crippen molar-refractivity contribution >= 4 is 117 Å². The number of hydrogen-bond donors (Lipinski definition) is 0. The summed E-state index contributed by atoms with van der Waals surface area (Å²) in [4.78, 5) is 6.05. The topological polar surface area (TPSA) is 0 Å². The Hall–Kier alpha value is -1.06. The fourth-order valence-corrected chi connectivity index (χ4v) is 17.7. The van der Waals surface area contributed by atoms with Crippen molar-refractivity contribution in [3.8, 4) is 19.5 Å². The summed E-state index contributed by atoms with van der Waals surface area (Å²) < 4.78 is 12.6. The molecule has 0 N–H and O–H groups in total. The zero-order valence-electron chi connectivity index (χ0n) is 32.3. The SMILES string of the molecule is CCCCCCCCCCCCCc1c(-c2cccs2)sc2c1sc1c2sc2c3sc(-c4cccs4)c(CCCCCCCCCCCCC)c3sc21. The predicted octanol–water partition coefficient (Wildman–Crippen LogP) is 19.8. The van der Waals surface area contributed by atoms with Crippen LogP contribution >= 0.6 is 79.4 Å². The predicted molar refractivity (Wildman–Crippen MR) is 253 cm³/mol. The number of rotatable bonds is 26. The van der Waals surface area contributed by atoms with Gasteiger partial charge in [0.25, 0.3) is 0 Å². The maximum atomic E-state index is 2.35. The number of unbranched alkanes of at least 4 members (excludes halogenated alkanes) is 20. The van der Waals surface area contributed by atoms with Crippen molar-refractivity contribution in [3.05, 3.63) is 46.2 Å². The van der Waals surface area contributed by atoms with E-state index in [1.165, 1.54) is 164 Å². The molecule has 0 aliphatic carbocycles. The fourth-order valence-electron chi connectivity index (χ4n) is 8.10. The Bertz CT molecular complexity index is 1920. The van der Waals surface area contributed by atoms with Crippen LogP contribution in [-0.2, 0) is 12.8 Å². The molecule has 53 heavy (non-hydrogen) atoms. The van der Waals surface area contributed by atoms with Gasteiger partial charge in [0, 0.05) is 19.5 Å². The van der Waals surface area contributed by atoms with E-state index in [9.17, 15) is 0 Å². The minimum atomic E-state index is 1.23. The van der Waals surface area contributed by atoms with Crippen LogP contribution in [0.5, 0.6) is 0 Å². The van der Waals surface area contributed by atoms with Gasteiger partial charge in [-0.25, -0.2) is 0 Å². The van der Waals surface area contributed by atoms with Gasteiger partial charge in [0.05, 0.1) is 37.6 Å². The van der Waals surface area contributed by atoms with Gasteiger partial charge in [-0.3, -0.25) is 0 Å². The van der Waals surface area contributed by atoms with Gasteiger partial charge in [-0.05, 0) is 59.7 Å². The van der Waals surface area contributed by atoms with E-state index in [0.717, 1.165) is 0 Å². The largest absolute Gasteiger partial charge is 0.143 e. The molecule has 0 saturated heterocycles. The minimum Gasteiger partial charge on any atom is -0.143 e. The third-order valence-corrected chi connectivity index (χ3v) is 20.4. The average Bonchev–Trinajstić information content (AvgIpc) is 4.02. The molecule has 0 saturated carbocycles. The quantitative estimate of drug-likeness (QED) is 0.0477. The van der Waals surface area contributed by atoms with Crippen molar-refractivity contribution < 1.29 is 0 Å². The van der Waals surface area contributed by atoms with Crippen molar-refractivity contribution in [2.24, 2.45) is 0 Å². The van der Waals surface area contributed by atoms with E-state index in [2.05, 4.69) is 106 Å². The molecule has 0 spiro atoms. The summed E-state index contributed by atoms with van der Waals surface area (Å²) in [5.74, 6) is 0. The standard InChI is InChI=1S/C46H60S7/c1-3-5-7-9-11-13-15-17-19-21-23-27-33-37(35-29-25-31-47-35)49-41-39(33)51-45-43(41)53-44-42-40(52-46(44)45)34(38(50-42)36-30-26-32-48-36)28-24-22-20-18-16-14-12-10-8-6-4-2/h25-26,29-32H,3-24,27-28H2,1-2H3. The van der Waals surface area contributed by atoms with Crippen LogP contribution in [-0.4, -0.2) is 0 Å². The van der Waals surface area contributed by atoms with Crippen LogP contribution in [0.2, 0.25) is 0 Å². The van der Waals surface area contributed by atoms with Gasteiger partial charge < -0.3 is 0 Å². The third kappa shape index (κ3) is 9.91. The van der Waals surface area contributed by atoms with Gasteiger partial charge in [-0.2, -0.15) is 0 Å². The van der Waals surface area contributed by atoms with Gasteiger partial charge in [0.15, 0.2) is 0 Å². The van der Waals surface area contributed by atoms with E-state index in [0.29, 0.717) is 0 Å². The van der Waals surface area contributed by atoms with Crippen LogP contribution in [0.25, 0.3) is 57.1 Å². The Labute approximate surface area is 347 Å². The Kier molecular flexibility index (Phi) is 15.8.